The fourth-order valence-corrected chi connectivity index (χ4v) is 5.01. The quantitative estimate of drug-likeness (QED) is 0.448. The van der Waals surface area contributed by atoms with E-state index >= 15 is 0 Å². The lowest BCUT2D eigenvalue weighted by Gasteiger charge is -2.29. The second kappa shape index (κ2) is 9.71. The first kappa shape index (κ1) is 20.4. The summed E-state index contributed by atoms with van der Waals surface area (Å²) >= 11 is 0. The minimum atomic E-state index is 0.0367. The van der Waals surface area contributed by atoms with Crippen molar-refractivity contribution in [2.75, 3.05) is 13.2 Å². The molecule has 3 rings (SSSR count). The third kappa shape index (κ3) is 5.56. The Hall–Kier alpha value is -0.380. The topological polar surface area (TPSA) is 38.7 Å². The van der Waals surface area contributed by atoms with Gasteiger partial charge in [0.25, 0.3) is 0 Å². The molecule has 0 unspecified atom stereocenters. The number of aliphatic hydroxyl groups is 1. The standard InChI is InChI=1S/C23H40O3/c1-23(2,17-24)15-9-5-8-12-19-20(22-14-13-21(19)26-22)16-25-18-10-6-3-4-7-11-18/h5,8,18-22,24H,3-4,6-7,9-17H2,1-2H3/b8-5-/t19-,20+,21-,22+/m0/s1. The zero-order valence-electron chi connectivity index (χ0n) is 17.0. The number of ether oxygens (including phenoxy) is 2. The molecule has 0 amide bonds. The minimum Gasteiger partial charge on any atom is -0.396 e. The van der Waals surface area contributed by atoms with Crippen LogP contribution in [-0.2, 0) is 9.47 Å². The lowest BCUT2D eigenvalue weighted by atomic mass is 9.77. The van der Waals surface area contributed by atoms with Crippen LogP contribution in [0.4, 0.5) is 0 Å². The van der Waals surface area contributed by atoms with E-state index in [1.807, 2.05) is 0 Å². The normalized spacial score (nSPS) is 33.2. The lowest BCUT2D eigenvalue weighted by Crippen LogP contribution is -2.32. The molecule has 1 saturated carbocycles. The van der Waals surface area contributed by atoms with Crippen molar-refractivity contribution in [1.82, 2.24) is 0 Å². The van der Waals surface area contributed by atoms with Gasteiger partial charge in [-0.25, -0.2) is 0 Å². The highest BCUT2D eigenvalue weighted by atomic mass is 16.5. The Balaban J connectivity index is 1.44. The number of allylic oxidation sites excluding steroid dienone is 2. The summed E-state index contributed by atoms with van der Waals surface area (Å²) in [6.07, 6.45) is 19.7. The second-order valence-corrected chi connectivity index (χ2v) is 9.63. The van der Waals surface area contributed by atoms with Gasteiger partial charge in [0.2, 0.25) is 0 Å². The number of aliphatic hydroxyl groups excluding tert-OH is 1. The van der Waals surface area contributed by atoms with Gasteiger partial charge in [0.05, 0.1) is 24.9 Å². The van der Waals surface area contributed by atoms with E-state index in [9.17, 15) is 5.11 Å². The van der Waals surface area contributed by atoms with E-state index in [1.54, 1.807) is 0 Å². The van der Waals surface area contributed by atoms with E-state index < -0.39 is 0 Å². The Morgan fingerprint density at radius 2 is 1.65 bits per heavy atom. The molecule has 150 valence electrons. The molecule has 3 fully saturated rings. The van der Waals surface area contributed by atoms with E-state index in [2.05, 4.69) is 26.0 Å². The van der Waals surface area contributed by atoms with Crippen LogP contribution in [0.2, 0.25) is 0 Å². The number of rotatable bonds is 9. The van der Waals surface area contributed by atoms with Crippen LogP contribution in [0.15, 0.2) is 12.2 Å². The molecule has 0 aromatic rings. The van der Waals surface area contributed by atoms with Crippen LogP contribution in [0.1, 0.15) is 84.5 Å². The molecule has 3 nitrogen and oxygen atoms in total. The van der Waals surface area contributed by atoms with Crippen molar-refractivity contribution in [3.63, 3.8) is 0 Å². The third-order valence-electron chi connectivity index (χ3n) is 6.91. The van der Waals surface area contributed by atoms with Crippen LogP contribution < -0.4 is 0 Å². The van der Waals surface area contributed by atoms with Crippen LogP contribution >= 0.6 is 0 Å². The van der Waals surface area contributed by atoms with Gasteiger partial charge in [-0.05, 0) is 56.3 Å². The third-order valence-corrected chi connectivity index (χ3v) is 6.91. The Kier molecular flexibility index (Phi) is 7.60. The van der Waals surface area contributed by atoms with Crippen LogP contribution in [-0.4, -0.2) is 36.6 Å². The molecule has 2 bridgehead atoms. The second-order valence-electron chi connectivity index (χ2n) is 9.63. The first-order valence-electron chi connectivity index (χ1n) is 11.1. The summed E-state index contributed by atoms with van der Waals surface area (Å²) in [5, 5.41) is 9.36. The fourth-order valence-electron chi connectivity index (χ4n) is 5.01. The van der Waals surface area contributed by atoms with Crippen LogP contribution in [0, 0.1) is 17.3 Å². The summed E-state index contributed by atoms with van der Waals surface area (Å²) in [6.45, 7) is 5.43. The minimum absolute atomic E-state index is 0.0367. The van der Waals surface area contributed by atoms with Gasteiger partial charge >= 0.3 is 0 Å². The summed E-state index contributed by atoms with van der Waals surface area (Å²) in [5.74, 6) is 1.23. The molecule has 0 aromatic heterocycles. The maximum atomic E-state index is 9.36. The Labute approximate surface area is 160 Å². The molecule has 0 spiro atoms. The fraction of sp³-hybridized carbons (Fsp3) is 0.913. The summed E-state index contributed by atoms with van der Waals surface area (Å²) in [7, 11) is 0. The summed E-state index contributed by atoms with van der Waals surface area (Å²) < 4.78 is 12.6. The molecular weight excluding hydrogens is 324 g/mol. The predicted octanol–water partition coefficient (Wildman–Crippen LogP) is 5.26. The molecular formula is C23H40O3. The van der Waals surface area contributed by atoms with Crippen molar-refractivity contribution in [1.29, 1.82) is 0 Å². The van der Waals surface area contributed by atoms with E-state index in [0.29, 0.717) is 30.1 Å². The highest BCUT2D eigenvalue weighted by Crippen LogP contribution is 2.45. The zero-order chi connectivity index (χ0) is 18.4. The van der Waals surface area contributed by atoms with Gasteiger partial charge in [0, 0.05) is 12.5 Å². The molecule has 26 heavy (non-hydrogen) atoms. The molecule has 1 aliphatic carbocycles. The first-order valence-corrected chi connectivity index (χ1v) is 11.1. The van der Waals surface area contributed by atoms with Crippen molar-refractivity contribution < 1.29 is 14.6 Å². The van der Waals surface area contributed by atoms with E-state index in [-0.39, 0.29) is 12.0 Å². The highest BCUT2D eigenvalue weighted by Gasteiger charge is 2.48. The molecule has 2 heterocycles. The van der Waals surface area contributed by atoms with Crippen LogP contribution in [0.5, 0.6) is 0 Å². The maximum absolute atomic E-state index is 9.36. The van der Waals surface area contributed by atoms with E-state index in [4.69, 9.17) is 9.47 Å². The molecule has 4 atom stereocenters. The van der Waals surface area contributed by atoms with Gasteiger partial charge in [0.1, 0.15) is 0 Å². The SMILES string of the molecule is CC(C)(CO)CC/C=C\C[C@H]1[C@@H](COC2CCCCCC2)[C@H]2CC[C@@H]1O2. The average molecular weight is 365 g/mol. The van der Waals surface area contributed by atoms with Gasteiger partial charge in [0.15, 0.2) is 0 Å². The lowest BCUT2D eigenvalue weighted by molar-refractivity contribution is -0.00341. The van der Waals surface area contributed by atoms with Gasteiger partial charge < -0.3 is 14.6 Å². The molecule has 2 saturated heterocycles. The number of hydrogen-bond donors (Lipinski definition) is 1. The van der Waals surface area contributed by atoms with Crippen molar-refractivity contribution in [3.8, 4) is 0 Å². The monoisotopic (exact) mass is 364 g/mol. The van der Waals surface area contributed by atoms with Crippen molar-refractivity contribution in [2.45, 2.75) is 103 Å². The van der Waals surface area contributed by atoms with Crippen LogP contribution in [0.3, 0.4) is 0 Å². The van der Waals surface area contributed by atoms with E-state index in [1.165, 1.54) is 51.4 Å². The Morgan fingerprint density at radius 1 is 0.962 bits per heavy atom. The molecule has 3 aliphatic rings. The largest absolute Gasteiger partial charge is 0.396 e. The van der Waals surface area contributed by atoms with Crippen molar-refractivity contribution in [2.24, 2.45) is 17.3 Å². The molecule has 2 aliphatic heterocycles. The summed E-state index contributed by atoms with van der Waals surface area (Å²) in [4.78, 5) is 0. The van der Waals surface area contributed by atoms with E-state index in [0.717, 1.165) is 25.9 Å². The zero-order valence-corrected chi connectivity index (χ0v) is 17.0. The van der Waals surface area contributed by atoms with Crippen molar-refractivity contribution >= 4 is 0 Å². The predicted molar refractivity (Wildman–Crippen MR) is 106 cm³/mol. The van der Waals surface area contributed by atoms with Crippen molar-refractivity contribution in [3.05, 3.63) is 12.2 Å². The number of hydrogen-bond acceptors (Lipinski definition) is 3. The van der Waals surface area contributed by atoms with Gasteiger partial charge in [-0.15, -0.1) is 0 Å². The smallest absolute Gasteiger partial charge is 0.0633 e. The highest BCUT2D eigenvalue weighted by molar-refractivity contribution is 5.00. The van der Waals surface area contributed by atoms with Gasteiger partial charge in [-0.1, -0.05) is 51.7 Å². The molecule has 3 heteroatoms. The first-order chi connectivity index (χ1) is 12.6. The average Bonchev–Trinajstić information content (AvgIpc) is 3.13. The molecule has 0 aromatic carbocycles. The molecule has 0 radical (unpaired) electrons. The van der Waals surface area contributed by atoms with Crippen LogP contribution in [0.25, 0.3) is 0 Å². The Morgan fingerprint density at radius 3 is 2.35 bits per heavy atom. The Bertz CT molecular complexity index is 437. The van der Waals surface area contributed by atoms with Gasteiger partial charge in [-0.2, -0.15) is 0 Å². The van der Waals surface area contributed by atoms with Gasteiger partial charge in [-0.3, -0.25) is 0 Å². The molecule has 1 N–H and O–H groups in total. The maximum Gasteiger partial charge on any atom is 0.0633 e. The summed E-state index contributed by atoms with van der Waals surface area (Å²) in [5.41, 5.74) is 0.0367. The number of fused-ring (bicyclic) bond motifs is 2. The summed E-state index contributed by atoms with van der Waals surface area (Å²) in [6, 6.07) is 0.